The first-order valence-electron chi connectivity index (χ1n) is 7.23. The standard InChI is InChI=1S/C14H26N2O2/c1-14(2)8-7-12(18-14)10-15-9-3-4-13(17)16-11-5-6-11/h11-12,15H,3-10H2,1-2H3,(H,16,17). The van der Waals surface area contributed by atoms with Gasteiger partial charge in [0.1, 0.15) is 0 Å². The molecule has 0 bridgehead atoms. The van der Waals surface area contributed by atoms with Crippen molar-refractivity contribution in [2.75, 3.05) is 13.1 Å². The predicted octanol–water partition coefficient (Wildman–Crippen LogP) is 1.59. The molecule has 4 heteroatoms. The first-order chi connectivity index (χ1) is 8.55. The van der Waals surface area contributed by atoms with E-state index >= 15 is 0 Å². The Morgan fingerprint density at radius 1 is 1.33 bits per heavy atom. The summed E-state index contributed by atoms with van der Waals surface area (Å²) in [6.07, 6.45) is 6.51. The van der Waals surface area contributed by atoms with Crippen LogP contribution < -0.4 is 10.6 Å². The fourth-order valence-electron chi connectivity index (χ4n) is 2.39. The van der Waals surface area contributed by atoms with E-state index in [9.17, 15) is 4.79 Å². The van der Waals surface area contributed by atoms with Crippen LogP contribution in [0.25, 0.3) is 0 Å². The smallest absolute Gasteiger partial charge is 0.220 e. The van der Waals surface area contributed by atoms with Crippen molar-refractivity contribution in [1.82, 2.24) is 10.6 Å². The number of nitrogens with one attached hydrogen (secondary N) is 2. The minimum Gasteiger partial charge on any atom is -0.371 e. The normalized spacial score (nSPS) is 26.2. The molecule has 1 unspecified atom stereocenters. The molecule has 2 aliphatic rings. The van der Waals surface area contributed by atoms with Gasteiger partial charge in [0.2, 0.25) is 5.91 Å². The highest BCUT2D eigenvalue weighted by Gasteiger charge is 2.31. The molecule has 1 aliphatic carbocycles. The van der Waals surface area contributed by atoms with Crippen molar-refractivity contribution in [2.45, 2.75) is 70.1 Å². The number of rotatable bonds is 7. The van der Waals surface area contributed by atoms with Gasteiger partial charge in [-0.2, -0.15) is 0 Å². The molecule has 0 spiro atoms. The first-order valence-corrected chi connectivity index (χ1v) is 7.23. The average molecular weight is 254 g/mol. The lowest BCUT2D eigenvalue weighted by atomic mass is 10.1. The molecule has 1 atom stereocenters. The second-order valence-corrected chi connectivity index (χ2v) is 6.19. The Bertz CT molecular complexity index is 288. The molecular weight excluding hydrogens is 228 g/mol. The number of ether oxygens (including phenoxy) is 1. The number of carbonyl (C=O) groups excluding carboxylic acids is 1. The van der Waals surface area contributed by atoms with Crippen LogP contribution >= 0.6 is 0 Å². The minimum absolute atomic E-state index is 0.0521. The molecule has 1 saturated carbocycles. The van der Waals surface area contributed by atoms with Crippen LogP contribution in [-0.2, 0) is 9.53 Å². The topological polar surface area (TPSA) is 50.4 Å². The Morgan fingerprint density at radius 3 is 2.72 bits per heavy atom. The fourth-order valence-corrected chi connectivity index (χ4v) is 2.39. The number of hydrogen-bond donors (Lipinski definition) is 2. The summed E-state index contributed by atoms with van der Waals surface area (Å²) in [6, 6.07) is 0.486. The van der Waals surface area contributed by atoms with Crippen molar-refractivity contribution in [2.24, 2.45) is 0 Å². The lowest BCUT2D eigenvalue weighted by Gasteiger charge is -2.19. The highest BCUT2D eigenvalue weighted by molar-refractivity contribution is 5.76. The lowest BCUT2D eigenvalue weighted by Crippen LogP contribution is -2.31. The second-order valence-electron chi connectivity index (χ2n) is 6.19. The van der Waals surface area contributed by atoms with Crippen molar-refractivity contribution in [3.63, 3.8) is 0 Å². The van der Waals surface area contributed by atoms with Crippen LogP contribution in [0.2, 0.25) is 0 Å². The highest BCUT2D eigenvalue weighted by Crippen LogP contribution is 2.28. The van der Waals surface area contributed by atoms with E-state index in [1.54, 1.807) is 0 Å². The maximum Gasteiger partial charge on any atom is 0.220 e. The van der Waals surface area contributed by atoms with E-state index < -0.39 is 0 Å². The van der Waals surface area contributed by atoms with Crippen molar-refractivity contribution < 1.29 is 9.53 Å². The molecule has 0 aromatic carbocycles. The van der Waals surface area contributed by atoms with Gasteiger partial charge in [0.25, 0.3) is 0 Å². The van der Waals surface area contributed by atoms with Crippen LogP contribution in [0.1, 0.15) is 52.4 Å². The number of amides is 1. The van der Waals surface area contributed by atoms with Gasteiger partial charge in [0.15, 0.2) is 0 Å². The Balaban J connectivity index is 1.45. The summed E-state index contributed by atoms with van der Waals surface area (Å²) in [4.78, 5) is 11.4. The van der Waals surface area contributed by atoms with Gasteiger partial charge in [-0.25, -0.2) is 0 Å². The molecule has 0 radical (unpaired) electrons. The van der Waals surface area contributed by atoms with Gasteiger partial charge in [-0.05, 0) is 52.5 Å². The predicted molar refractivity (Wildman–Crippen MR) is 71.5 cm³/mol. The zero-order valence-electron chi connectivity index (χ0n) is 11.6. The summed E-state index contributed by atoms with van der Waals surface area (Å²) in [5, 5.41) is 6.39. The minimum atomic E-state index is 0.0521. The monoisotopic (exact) mass is 254 g/mol. The Hall–Kier alpha value is -0.610. The molecule has 2 N–H and O–H groups in total. The molecule has 1 heterocycles. The van der Waals surface area contributed by atoms with E-state index in [2.05, 4.69) is 24.5 Å². The van der Waals surface area contributed by atoms with Crippen LogP contribution in [-0.4, -0.2) is 36.7 Å². The quantitative estimate of drug-likeness (QED) is 0.678. The van der Waals surface area contributed by atoms with Crippen LogP contribution in [0.5, 0.6) is 0 Å². The van der Waals surface area contributed by atoms with E-state index in [0.29, 0.717) is 18.6 Å². The van der Waals surface area contributed by atoms with Crippen molar-refractivity contribution in [3.8, 4) is 0 Å². The van der Waals surface area contributed by atoms with E-state index in [-0.39, 0.29) is 11.5 Å². The van der Waals surface area contributed by atoms with Crippen molar-refractivity contribution >= 4 is 5.91 Å². The molecule has 0 aromatic heterocycles. The molecule has 1 amide bonds. The van der Waals surface area contributed by atoms with Crippen molar-refractivity contribution in [1.29, 1.82) is 0 Å². The summed E-state index contributed by atoms with van der Waals surface area (Å²) in [6.45, 7) is 6.11. The summed E-state index contributed by atoms with van der Waals surface area (Å²) in [7, 11) is 0. The molecule has 1 aliphatic heterocycles. The van der Waals surface area contributed by atoms with E-state index in [0.717, 1.165) is 32.4 Å². The number of carbonyl (C=O) groups is 1. The maximum atomic E-state index is 11.4. The van der Waals surface area contributed by atoms with Crippen LogP contribution in [0.4, 0.5) is 0 Å². The van der Waals surface area contributed by atoms with Gasteiger partial charge in [0.05, 0.1) is 11.7 Å². The zero-order valence-corrected chi connectivity index (χ0v) is 11.6. The highest BCUT2D eigenvalue weighted by atomic mass is 16.5. The third-order valence-electron chi connectivity index (χ3n) is 3.63. The SMILES string of the molecule is CC1(C)CCC(CNCCCC(=O)NC2CC2)O1. The van der Waals surface area contributed by atoms with Gasteiger partial charge in [0, 0.05) is 19.0 Å². The van der Waals surface area contributed by atoms with Crippen LogP contribution in [0, 0.1) is 0 Å². The van der Waals surface area contributed by atoms with Gasteiger partial charge in [-0.1, -0.05) is 0 Å². The number of hydrogen-bond acceptors (Lipinski definition) is 3. The van der Waals surface area contributed by atoms with E-state index in [1.807, 2.05) is 0 Å². The third-order valence-corrected chi connectivity index (χ3v) is 3.63. The summed E-state index contributed by atoms with van der Waals surface area (Å²) in [5.41, 5.74) is 0.0521. The molecule has 2 fully saturated rings. The Kier molecular flexibility index (Phi) is 4.62. The molecule has 0 aromatic rings. The first kappa shape index (κ1) is 13.8. The van der Waals surface area contributed by atoms with Crippen LogP contribution in [0.15, 0.2) is 0 Å². The van der Waals surface area contributed by atoms with Gasteiger partial charge in [-0.15, -0.1) is 0 Å². The van der Waals surface area contributed by atoms with E-state index in [4.69, 9.17) is 4.74 Å². The Labute approximate surface area is 110 Å². The summed E-state index contributed by atoms with van der Waals surface area (Å²) in [5.74, 6) is 0.206. The third kappa shape index (κ3) is 4.94. The van der Waals surface area contributed by atoms with Gasteiger partial charge < -0.3 is 15.4 Å². The maximum absolute atomic E-state index is 11.4. The molecule has 1 saturated heterocycles. The van der Waals surface area contributed by atoms with Crippen molar-refractivity contribution in [3.05, 3.63) is 0 Å². The average Bonchev–Trinajstić information content (AvgIpc) is 3.02. The molecular formula is C14H26N2O2. The zero-order chi connectivity index (χ0) is 13.0. The molecule has 2 rings (SSSR count). The largest absolute Gasteiger partial charge is 0.371 e. The fraction of sp³-hybridized carbons (Fsp3) is 0.929. The van der Waals surface area contributed by atoms with Gasteiger partial charge >= 0.3 is 0 Å². The summed E-state index contributed by atoms with van der Waals surface area (Å²) < 4.78 is 5.90. The van der Waals surface area contributed by atoms with Crippen LogP contribution in [0.3, 0.4) is 0 Å². The van der Waals surface area contributed by atoms with Gasteiger partial charge in [-0.3, -0.25) is 4.79 Å². The molecule has 104 valence electrons. The summed E-state index contributed by atoms with van der Waals surface area (Å²) >= 11 is 0. The lowest BCUT2D eigenvalue weighted by molar-refractivity contribution is -0.121. The second kappa shape index (κ2) is 6.02. The molecule has 4 nitrogen and oxygen atoms in total. The van der Waals surface area contributed by atoms with E-state index in [1.165, 1.54) is 12.8 Å². The molecule has 18 heavy (non-hydrogen) atoms. The Morgan fingerprint density at radius 2 is 2.11 bits per heavy atom.